The number of allylic oxidation sites excluding steroid dienone is 1. The van der Waals surface area contributed by atoms with Gasteiger partial charge in [-0.25, -0.2) is 4.98 Å². The minimum Gasteiger partial charge on any atom is -0.318 e. The molecule has 1 fully saturated rings. The zero-order valence-corrected chi connectivity index (χ0v) is 22.6. The zero-order valence-electron chi connectivity index (χ0n) is 22.6. The topological polar surface area (TPSA) is 47.8 Å². The molecule has 4 nitrogen and oxygen atoms in total. The van der Waals surface area contributed by atoms with Crippen LogP contribution in [0.3, 0.4) is 0 Å². The van der Waals surface area contributed by atoms with Crippen LogP contribution >= 0.6 is 0 Å². The Hall–Kier alpha value is -4.57. The monoisotopic (exact) mass is 523 g/mol. The van der Waals surface area contributed by atoms with E-state index in [-0.39, 0.29) is 11.7 Å². The quantitative estimate of drug-likeness (QED) is 0.153. The van der Waals surface area contributed by atoms with E-state index in [0.717, 1.165) is 59.3 Å². The van der Waals surface area contributed by atoms with Crippen LogP contribution < -0.4 is 0 Å². The third-order valence-corrected chi connectivity index (χ3v) is 8.07. The zero-order chi connectivity index (χ0) is 27.2. The van der Waals surface area contributed by atoms with E-state index in [1.165, 1.54) is 6.42 Å². The number of aromatic nitrogens is 3. The Morgan fingerprint density at radius 1 is 0.725 bits per heavy atom. The number of carbonyl (C=O) groups excluding carboxylic acids is 1. The van der Waals surface area contributed by atoms with Gasteiger partial charge in [0.05, 0.1) is 17.7 Å². The van der Waals surface area contributed by atoms with E-state index in [1.54, 1.807) is 12.3 Å². The molecule has 0 amide bonds. The van der Waals surface area contributed by atoms with Crippen molar-refractivity contribution in [3.8, 4) is 11.3 Å². The maximum atomic E-state index is 12.9. The fourth-order valence-electron chi connectivity index (χ4n) is 6.08. The summed E-state index contributed by atoms with van der Waals surface area (Å²) in [4.78, 5) is 22.4. The average Bonchev–Trinajstić information content (AvgIpc) is 3.53. The van der Waals surface area contributed by atoms with Crippen molar-refractivity contribution in [3.05, 3.63) is 150 Å². The third kappa shape index (κ3) is 4.93. The van der Waals surface area contributed by atoms with Crippen molar-refractivity contribution in [1.82, 2.24) is 14.5 Å². The lowest BCUT2D eigenvalue weighted by Gasteiger charge is -2.37. The summed E-state index contributed by atoms with van der Waals surface area (Å²) in [6.07, 6.45) is 14.9. The van der Waals surface area contributed by atoms with Gasteiger partial charge in [-0.2, -0.15) is 0 Å². The van der Waals surface area contributed by atoms with Crippen molar-refractivity contribution in [2.24, 2.45) is 5.92 Å². The molecular formula is C36H33N3O. The van der Waals surface area contributed by atoms with E-state index < -0.39 is 5.54 Å². The Labute approximate surface area is 236 Å². The first-order valence-electron chi connectivity index (χ1n) is 14.1. The predicted molar refractivity (Wildman–Crippen MR) is 161 cm³/mol. The van der Waals surface area contributed by atoms with Crippen LogP contribution in [0.2, 0.25) is 0 Å². The molecule has 1 aliphatic rings. The van der Waals surface area contributed by atoms with Crippen molar-refractivity contribution in [2.75, 3.05) is 0 Å². The van der Waals surface area contributed by atoms with E-state index >= 15 is 0 Å². The Morgan fingerprint density at radius 3 is 1.88 bits per heavy atom. The lowest BCUT2D eigenvalue weighted by atomic mass is 9.77. The molecule has 40 heavy (non-hydrogen) atoms. The number of hydrogen-bond acceptors (Lipinski definition) is 3. The Kier molecular flexibility index (Phi) is 7.49. The average molecular weight is 524 g/mol. The second-order valence-electron chi connectivity index (χ2n) is 10.5. The molecule has 5 aromatic rings. The molecule has 0 unspecified atom stereocenters. The normalized spacial score (nSPS) is 14.4. The van der Waals surface area contributed by atoms with Gasteiger partial charge < -0.3 is 4.57 Å². The molecule has 6 rings (SSSR count). The van der Waals surface area contributed by atoms with E-state index in [1.807, 2.05) is 42.7 Å². The van der Waals surface area contributed by atoms with Crippen molar-refractivity contribution in [2.45, 2.75) is 37.6 Å². The van der Waals surface area contributed by atoms with Gasteiger partial charge in [0.25, 0.3) is 0 Å². The molecule has 0 saturated heterocycles. The molecule has 0 atom stereocenters. The van der Waals surface area contributed by atoms with Crippen LogP contribution in [0.15, 0.2) is 128 Å². The molecule has 0 spiro atoms. The van der Waals surface area contributed by atoms with E-state index in [2.05, 4.69) is 88.5 Å². The number of carbonyl (C=O) groups is 1. The van der Waals surface area contributed by atoms with Gasteiger partial charge in [0, 0.05) is 23.9 Å². The van der Waals surface area contributed by atoms with E-state index in [9.17, 15) is 4.79 Å². The van der Waals surface area contributed by atoms with Gasteiger partial charge in [0.2, 0.25) is 0 Å². The highest BCUT2D eigenvalue weighted by molar-refractivity contribution is 5.96. The molecule has 1 saturated carbocycles. The van der Waals surface area contributed by atoms with Crippen molar-refractivity contribution >= 4 is 11.9 Å². The molecule has 0 N–H and O–H groups in total. The first kappa shape index (κ1) is 25.7. The molecule has 0 bridgehead atoms. The minimum atomic E-state index is -0.635. The van der Waals surface area contributed by atoms with Crippen LogP contribution in [0.5, 0.6) is 0 Å². The van der Waals surface area contributed by atoms with Crippen LogP contribution in [0, 0.1) is 5.92 Å². The maximum absolute atomic E-state index is 12.9. The van der Waals surface area contributed by atoms with Crippen molar-refractivity contribution in [1.29, 1.82) is 0 Å². The summed E-state index contributed by atoms with van der Waals surface area (Å²) in [5.41, 5.74) is 5.25. The molecule has 2 aromatic heterocycles. The summed E-state index contributed by atoms with van der Waals surface area (Å²) < 4.78 is 2.20. The highest BCUT2D eigenvalue weighted by atomic mass is 16.1. The molecule has 4 heteroatoms. The molecule has 0 radical (unpaired) electrons. The van der Waals surface area contributed by atoms with E-state index in [4.69, 9.17) is 4.98 Å². The Morgan fingerprint density at radius 2 is 1.30 bits per heavy atom. The molecule has 3 aromatic carbocycles. The molecular weight excluding hydrogens is 490 g/mol. The molecule has 0 aliphatic heterocycles. The van der Waals surface area contributed by atoms with Gasteiger partial charge in [-0.05, 0) is 53.8 Å². The first-order valence-corrected chi connectivity index (χ1v) is 14.1. The number of imidazole rings is 1. The largest absolute Gasteiger partial charge is 0.318 e. The number of ketones is 1. The minimum absolute atomic E-state index is 0.139. The lowest BCUT2D eigenvalue weighted by Crippen LogP contribution is -2.36. The van der Waals surface area contributed by atoms with Crippen LogP contribution in [0.4, 0.5) is 0 Å². The SMILES string of the molecule is O=C(C=Cc1ncccc1-c1cn(C(c2ccccc2)(c2ccccc2)c2ccccc2)cn1)C1CCCCC1. The lowest BCUT2D eigenvalue weighted by molar-refractivity contribution is -0.119. The van der Waals surface area contributed by atoms with Crippen molar-refractivity contribution in [3.63, 3.8) is 0 Å². The Bertz CT molecular complexity index is 1490. The fraction of sp³-hybridized carbons (Fsp3) is 0.194. The van der Waals surface area contributed by atoms with Gasteiger partial charge in [-0.3, -0.25) is 9.78 Å². The number of benzene rings is 3. The highest BCUT2D eigenvalue weighted by Gasteiger charge is 2.38. The highest BCUT2D eigenvalue weighted by Crippen LogP contribution is 2.41. The third-order valence-electron chi connectivity index (χ3n) is 8.07. The summed E-state index contributed by atoms with van der Waals surface area (Å²) in [6.45, 7) is 0. The fourth-order valence-corrected chi connectivity index (χ4v) is 6.08. The number of rotatable bonds is 8. The maximum Gasteiger partial charge on any atom is 0.158 e. The Balaban J connectivity index is 1.46. The first-order chi connectivity index (χ1) is 19.8. The summed E-state index contributed by atoms with van der Waals surface area (Å²) in [5, 5.41) is 0. The van der Waals surface area contributed by atoms with Crippen LogP contribution in [0.25, 0.3) is 17.3 Å². The van der Waals surface area contributed by atoms with Gasteiger partial charge in [0.1, 0.15) is 5.54 Å². The summed E-state index contributed by atoms with van der Waals surface area (Å²) in [6, 6.07) is 35.7. The number of nitrogens with zero attached hydrogens (tertiary/aromatic N) is 3. The molecule has 1 aliphatic carbocycles. The second-order valence-corrected chi connectivity index (χ2v) is 10.5. The number of pyridine rings is 1. The van der Waals surface area contributed by atoms with Gasteiger partial charge in [0.15, 0.2) is 5.78 Å². The second kappa shape index (κ2) is 11.7. The predicted octanol–water partition coefficient (Wildman–Crippen LogP) is 7.95. The number of hydrogen-bond donors (Lipinski definition) is 0. The summed E-state index contributed by atoms with van der Waals surface area (Å²) in [5.74, 6) is 0.345. The van der Waals surface area contributed by atoms with Crippen LogP contribution in [-0.2, 0) is 10.3 Å². The molecule has 198 valence electrons. The van der Waals surface area contributed by atoms with Crippen LogP contribution in [0.1, 0.15) is 54.5 Å². The van der Waals surface area contributed by atoms with E-state index in [0.29, 0.717) is 0 Å². The molecule has 2 heterocycles. The summed E-state index contributed by atoms with van der Waals surface area (Å²) in [7, 11) is 0. The van der Waals surface area contributed by atoms with Gasteiger partial charge in [-0.15, -0.1) is 0 Å². The van der Waals surface area contributed by atoms with Gasteiger partial charge >= 0.3 is 0 Å². The van der Waals surface area contributed by atoms with Crippen molar-refractivity contribution < 1.29 is 4.79 Å². The standard InChI is InChI=1S/C36H33N3O/c40-35(28-14-5-1-6-15-28)24-23-33-32(22-13-25-37-33)34-26-39(27-38-34)36(29-16-7-2-8-17-29,30-18-9-3-10-19-30)31-20-11-4-12-21-31/h2-4,7-13,16-28H,1,5-6,14-15H2. The van der Waals surface area contributed by atoms with Crippen LogP contribution in [-0.4, -0.2) is 20.3 Å². The smallest absolute Gasteiger partial charge is 0.158 e. The summed E-state index contributed by atoms with van der Waals surface area (Å²) >= 11 is 0. The van der Waals surface area contributed by atoms with Gasteiger partial charge in [-0.1, -0.05) is 110 Å².